The summed E-state index contributed by atoms with van der Waals surface area (Å²) in [5.74, 6) is 0.403. The van der Waals surface area contributed by atoms with Gasteiger partial charge in [0.05, 0.1) is 5.92 Å². The molecule has 20 heavy (non-hydrogen) atoms. The van der Waals surface area contributed by atoms with Crippen LogP contribution < -0.4 is 0 Å². The third kappa shape index (κ3) is 4.09. The van der Waals surface area contributed by atoms with E-state index < -0.39 is 0 Å². The Morgan fingerprint density at radius 3 is 2.25 bits per heavy atom. The average Bonchev–Trinajstić information content (AvgIpc) is 2.45. The summed E-state index contributed by atoms with van der Waals surface area (Å²) >= 11 is 0. The molecule has 1 unspecified atom stereocenters. The fourth-order valence-electron chi connectivity index (χ4n) is 3.09. The first kappa shape index (κ1) is 15.1. The van der Waals surface area contributed by atoms with Crippen molar-refractivity contribution in [2.24, 2.45) is 0 Å². The highest BCUT2D eigenvalue weighted by atomic mass is 16.2. The number of hydrogen-bond donors (Lipinski definition) is 0. The molecule has 0 radical (unpaired) electrons. The predicted octanol–water partition coefficient (Wildman–Crippen LogP) is 4.36. The molecule has 0 saturated carbocycles. The standard InChI is InChI=1S/C18H27NO/c1-2-11-17(16-12-7-6-8-13-16)18(20)19-14-9-4-3-5-10-15-19/h6-8,12-13,17H,2-5,9-11,14-15H2,1H3. The number of rotatable bonds is 4. The highest BCUT2D eigenvalue weighted by Gasteiger charge is 2.25. The third-order valence-electron chi connectivity index (χ3n) is 4.25. The van der Waals surface area contributed by atoms with Crippen LogP contribution in [-0.4, -0.2) is 23.9 Å². The molecular formula is C18H27NO. The summed E-state index contributed by atoms with van der Waals surface area (Å²) in [6, 6.07) is 10.3. The van der Waals surface area contributed by atoms with Gasteiger partial charge in [0.25, 0.3) is 0 Å². The highest BCUT2D eigenvalue weighted by molar-refractivity contribution is 5.83. The van der Waals surface area contributed by atoms with Crippen LogP contribution in [0.2, 0.25) is 0 Å². The molecular weight excluding hydrogens is 246 g/mol. The number of benzene rings is 1. The first-order valence-corrected chi connectivity index (χ1v) is 8.16. The molecule has 0 bridgehead atoms. The number of carbonyl (C=O) groups is 1. The summed E-state index contributed by atoms with van der Waals surface area (Å²) in [6.45, 7) is 4.06. The molecule has 1 saturated heterocycles. The van der Waals surface area contributed by atoms with Gasteiger partial charge in [0.1, 0.15) is 0 Å². The Labute approximate surface area is 123 Å². The molecule has 0 spiro atoms. The smallest absolute Gasteiger partial charge is 0.230 e. The van der Waals surface area contributed by atoms with Gasteiger partial charge in [-0.3, -0.25) is 4.79 Å². The van der Waals surface area contributed by atoms with Gasteiger partial charge in [-0.2, -0.15) is 0 Å². The molecule has 1 aromatic carbocycles. The van der Waals surface area contributed by atoms with E-state index in [9.17, 15) is 4.79 Å². The summed E-state index contributed by atoms with van der Waals surface area (Å²) < 4.78 is 0. The van der Waals surface area contributed by atoms with Crippen molar-refractivity contribution >= 4 is 5.91 Å². The van der Waals surface area contributed by atoms with E-state index in [1.54, 1.807) is 0 Å². The fraction of sp³-hybridized carbons (Fsp3) is 0.611. The molecule has 2 rings (SSSR count). The molecule has 1 amide bonds. The lowest BCUT2D eigenvalue weighted by Crippen LogP contribution is -2.37. The lowest BCUT2D eigenvalue weighted by Gasteiger charge is -2.29. The highest BCUT2D eigenvalue weighted by Crippen LogP contribution is 2.25. The molecule has 0 aliphatic carbocycles. The lowest BCUT2D eigenvalue weighted by molar-refractivity contribution is -0.133. The van der Waals surface area contributed by atoms with Crippen LogP contribution >= 0.6 is 0 Å². The Hall–Kier alpha value is -1.31. The molecule has 0 N–H and O–H groups in total. The second-order valence-electron chi connectivity index (χ2n) is 5.84. The maximum Gasteiger partial charge on any atom is 0.230 e. The van der Waals surface area contributed by atoms with E-state index in [2.05, 4.69) is 24.0 Å². The van der Waals surface area contributed by atoms with E-state index in [0.29, 0.717) is 5.91 Å². The molecule has 0 aromatic heterocycles. The van der Waals surface area contributed by atoms with Crippen molar-refractivity contribution in [3.05, 3.63) is 35.9 Å². The molecule has 2 nitrogen and oxygen atoms in total. The van der Waals surface area contributed by atoms with Crippen molar-refractivity contribution in [2.75, 3.05) is 13.1 Å². The van der Waals surface area contributed by atoms with E-state index in [1.165, 1.54) is 37.7 Å². The van der Waals surface area contributed by atoms with E-state index in [1.807, 2.05) is 18.2 Å². The van der Waals surface area contributed by atoms with E-state index in [0.717, 1.165) is 25.9 Å². The van der Waals surface area contributed by atoms with Crippen molar-refractivity contribution in [1.82, 2.24) is 4.90 Å². The van der Waals surface area contributed by atoms with Crippen molar-refractivity contribution in [3.8, 4) is 0 Å². The van der Waals surface area contributed by atoms with E-state index >= 15 is 0 Å². The van der Waals surface area contributed by atoms with Crippen LogP contribution in [0.4, 0.5) is 0 Å². The Bertz CT molecular complexity index is 393. The second kappa shape index (κ2) is 8.08. The zero-order valence-corrected chi connectivity index (χ0v) is 12.7. The van der Waals surface area contributed by atoms with Gasteiger partial charge < -0.3 is 4.90 Å². The number of carbonyl (C=O) groups excluding carboxylic acids is 1. The number of amides is 1. The van der Waals surface area contributed by atoms with Crippen LogP contribution in [0, 0.1) is 0 Å². The number of nitrogens with zero attached hydrogens (tertiary/aromatic N) is 1. The second-order valence-corrected chi connectivity index (χ2v) is 5.84. The molecule has 1 aliphatic rings. The monoisotopic (exact) mass is 273 g/mol. The maximum atomic E-state index is 12.9. The zero-order chi connectivity index (χ0) is 14.2. The Kier molecular flexibility index (Phi) is 6.10. The molecule has 110 valence electrons. The lowest BCUT2D eigenvalue weighted by atomic mass is 9.92. The zero-order valence-electron chi connectivity index (χ0n) is 12.7. The Morgan fingerprint density at radius 1 is 1.05 bits per heavy atom. The van der Waals surface area contributed by atoms with Crippen LogP contribution in [0.25, 0.3) is 0 Å². The van der Waals surface area contributed by atoms with Crippen LogP contribution in [0.3, 0.4) is 0 Å². The topological polar surface area (TPSA) is 20.3 Å². The summed E-state index contributed by atoms with van der Waals surface area (Å²) in [5.41, 5.74) is 1.18. The molecule has 1 aromatic rings. The quantitative estimate of drug-likeness (QED) is 0.798. The van der Waals surface area contributed by atoms with Gasteiger partial charge in [-0.05, 0) is 24.8 Å². The van der Waals surface area contributed by atoms with Crippen LogP contribution in [0.15, 0.2) is 30.3 Å². The van der Waals surface area contributed by atoms with Gasteiger partial charge in [-0.1, -0.05) is 62.9 Å². The van der Waals surface area contributed by atoms with Crippen molar-refractivity contribution in [2.45, 2.75) is 57.8 Å². The molecule has 1 heterocycles. The first-order chi connectivity index (χ1) is 9.83. The summed E-state index contributed by atoms with van der Waals surface area (Å²) in [5, 5.41) is 0. The number of hydrogen-bond acceptors (Lipinski definition) is 1. The molecule has 1 fully saturated rings. The van der Waals surface area contributed by atoms with Crippen molar-refractivity contribution in [3.63, 3.8) is 0 Å². The minimum atomic E-state index is 0.0561. The van der Waals surface area contributed by atoms with E-state index in [4.69, 9.17) is 0 Å². The fourth-order valence-corrected chi connectivity index (χ4v) is 3.09. The average molecular weight is 273 g/mol. The summed E-state index contributed by atoms with van der Waals surface area (Å²) in [4.78, 5) is 15.0. The van der Waals surface area contributed by atoms with E-state index in [-0.39, 0.29) is 5.92 Å². The number of likely N-dealkylation sites (tertiary alicyclic amines) is 1. The molecule has 1 aliphatic heterocycles. The summed E-state index contributed by atoms with van der Waals surface area (Å²) in [6.07, 6.45) is 8.22. The van der Waals surface area contributed by atoms with Gasteiger partial charge in [0.15, 0.2) is 0 Å². The predicted molar refractivity (Wildman–Crippen MR) is 83.8 cm³/mol. The normalized spacial score (nSPS) is 18.1. The van der Waals surface area contributed by atoms with Gasteiger partial charge in [0.2, 0.25) is 5.91 Å². The Balaban J connectivity index is 2.09. The van der Waals surface area contributed by atoms with Crippen molar-refractivity contribution < 1.29 is 4.79 Å². The van der Waals surface area contributed by atoms with Crippen LogP contribution in [0.5, 0.6) is 0 Å². The molecule has 2 heteroatoms. The largest absolute Gasteiger partial charge is 0.342 e. The summed E-state index contributed by atoms with van der Waals surface area (Å²) in [7, 11) is 0. The van der Waals surface area contributed by atoms with Gasteiger partial charge >= 0.3 is 0 Å². The molecule has 1 atom stereocenters. The minimum Gasteiger partial charge on any atom is -0.342 e. The SMILES string of the molecule is CCCC(C(=O)N1CCCCCCC1)c1ccccc1. The maximum absolute atomic E-state index is 12.9. The van der Waals surface area contributed by atoms with Gasteiger partial charge in [-0.25, -0.2) is 0 Å². The van der Waals surface area contributed by atoms with Gasteiger partial charge in [0, 0.05) is 13.1 Å². The van der Waals surface area contributed by atoms with Crippen LogP contribution in [-0.2, 0) is 4.79 Å². The van der Waals surface area contributed by atoms with Crippen molar-refractivity contribution in [1.29, 1.82) is 0 Å². The van der Waals surface area contributed by atoms with Gasteiger partial charge in [-0.15, -0.1) is 0 Å². The Morgan fingerprint density at radius 2 is 1.65 bits per heavy atom. The third-order valence-corrected chi connectivity index (χ3v) is 4.25. The first-order valence-electron chi connectivity index (χ1n) is 8.16. The van der Waals surface area contributed by atoms with Crippen LogP contribution in [0.1, 0.15) is 63.4 Å². The minimum absolute atomic E-state index is 0.0561.